The molecule has 3 aromatic rings. The van der Waals surface area contributed by atoms with Crippen molar-refractivity contribution < 1.29 is 29.1 Å². The number of amides is 4. The number of carbonyl (C=O) groups is 5. The lowest BCUT2D eigenvalue weighted by atomic mass is 9.99. The zero-order valence-corrected chi connectivity index (χ0v) is 22.5. The predicted octanol–water partition coefficient (Wildman–Crippen LogP) is 2.54. The lowest BCUT2D eigenvalue weighted by Crippen LogP contribution is -2.53. The fraction of sp³-hybridized carbons (Fsp3) is 0.258. The molecule has 7 N–H and O–H groups in total. The van der Waals surface area contributed by atoms with Crippen molar-refractivity contribution in [1.82, 2.24) is 10.6 Å². The first kappa shape index (κ1) is 30.6. The quantitative estimate of drug-likeness (QED) is 0.191. The Morgan fingerprint density at radius 2 is 1.15 bits per heavy atom. The number of nitrogens with one attached hydrogen (secondary N) is 2. The number of hydrogen-bond acceptors (Lipinski definition) is 5. The molecular weight excluding hydrogens is 524 g/mol. The van der Waals surface area contributed by atoms with Gasteiger partial charge >= 0.3 is 5.97 Å². The maximum atomic E-state index is 12.8. The molecule has 0 unspecified atom stereocenters. The second-order valence-corrected chi connectivity index (χ2v) is 9.66. The van der Waals surface area contributed by atoms with E-state index in [2.05, 4.69) is 47.0 Å². The number of nitrogens with two attached hydrogens (primary N) is 2. The molecule has 0 radical (unpaired) electrons. The number of primary amides is 2. The van der Waals surface area contributed by atoms with Gasteiger partial charge in [0.05, 0.1) is 0 Å². The highest BCUT2D eigenvalue weighted by Gasteiger charge is 2.26. The second-order valence-electron chi connectivity index (χ2n) is 9.66. The van der Waals surface area contributed by atoms with Gasteiger partial charge in [0.25, 0.3) is 0 Å². The average molecular weight is 559 g/mol. The number of carbonyl (C=O) groups excluding carboxylic acids is 4. The van der Waals surface area contributed by atoms with E-state index in [1.54, 1.807) is 0 Å². The summed E-state index contributed by atoms with van der Waals surface area (Å²) in [6.07, 6.45) is -0.378. The molecule has 0 heterocycles. The Labute approximate surface area is 238 Å². The van der Waals surface area contributed by atoms with E-state index in [0.717, 1.165) is 27.8 Å². The van der Waals surface area contributed by atoms with Gasteiger partial charge in [0.1, 0.15) is 12.1 Å². The van der Waals surface area contributed by atoms with Crippen LogP contribution in [0.5, 0.6) is 0 Å². The van der Waals surface area contributed by atoms with E-state index in [1.165, 1.54) is 0 Å². The van der Waals surface area contributed by atoms with Gasteiger partial charge in [-0.25, -0.2) is 0 Å². The number of carboxylic acids is 1. The third-order valence-corrected chi connectivity index (χ3v) is 6.56. The van der Waals surface area contributed by atoms with Crippen LogP contribution >= 0.6 is 0 Å². The molecule has 0 aliphatic carbocycles. The summed E-state index contributed by atoms with van der Waals surface area (Å²) in [6.45, 7) is 0. The number of hydrogen-bond donors (Lipinski definition) is 5. The monoisotopic (exact) mass is 558 g/mol. The van der Waals surface area contributed by atoms with Crippen LogP contribution in [0.2, 0.25) is 0 Å². The number of carboxylic acid groups (broad SMARTS) is 1. The van der Waals surface area contributed by atoms with Crippen molar-refractivity contribution in [1.29, 1.82) is 0 Å². The Morgan fingerprint density at radius 1 is 0.634 bits per heavy atom. The maximum Gasteiger partial charge on any atom is 0.303 e. The van der Waals surface area contributed by atoms with E-state index >= 15 is 0 Å². The molecule has 0 saturated heterocycles. The molecule has 10 heteroatoms. The Bertz CT molecular complexity index is 1360. The van der Waals surface area contributed by atoms with Crippen molar-refractivity contribution in [3.8, 4) is 22.3 Å². The lowest BCUT2D eigenvalue weighted by Gasteiger charge is -2.21. The Hall–Kier alpha value is -4.99. The molecule has 0 bridgehead atoms. The fourth-order valence-electron chi connectivity index (χ4n) is 4.26. The number of aryl methyl sites for hydroxylation is 1. The minimum atomic E-state index is -1.24. The van der Waals surface area contributed by atoms with E-state index in [-0.39, 0.29) is 32.1 Å². The van der Waals surface area contributed by atoms with Crippen LogP contribution < -0.4 is 22.1 Å². The largest absolute Gasteiger partial charge is 0.481 e. The molecule has 214 valence electrons. The number of aliphatic carboxylic acids is 1. The summed E-state index contributed by atoms with van der Waals surface area (Å²) < 4.78 is 0. The first-order chi connectivity index (χ1) is 19.6. The number of benzene rings is 3. The summed E-state index contributed by atoms with van der Waals surface area (Å²) in [5.74, 6) is -3.91. The summed E-state index contributed by atoms with van der Waals surface area (Å²) in [5, 5.41) is 13.8. The van der Waals surface area contributed by atoms with Crippen molar-refractivity contribution in [3.63, 3.8) is 0 Å². The van der Waals surface area contributed by atoms with Crippen LogP contribution in [0.15, 0.2) is 78.9 Å². The molecule has 0 spiro atoms. The van der Waals surface area contributed by atoms with Crippen LogP contribution in [-0.4, -0.2) is 46.8 Å². The highest BCUT2D eigenvalue weighted by molar-refractivity contribution is 5.92. The molecule has 10 nitrogen and oxygen atoms in total. The molecule has 0 saturated carbocycles. The SMILES string of the molecule is NC(=O)CC[C@H](NC(=O)CCc1ccc(-c2ccc(-c3ccccc3)cc2)cc1)C(=O)N[C@@H](CCC(=O)O)C(N)=O. The smallest absolute Gasteiger partial charge is 0.303 e. The van der Waals surface area contributed by atoms with Gasteiger partial charge in [0, 0.05) is 19.3 Å². The van der Waals surface area contributed by atoms with Gasteiger partial charge in [-0.05, 0) is 47.1 Å². The van der Waals surface area contributed by atoms with Crippen molar-refractivity contribution in [2.75, 3.05) is 0 Å². The van der Waals surface area contributed by atoms with E-state index in [9.17, 15) is 24.0 Å². The van der Waals surface area contributed by atoms with E-state index in [0.29, 0.717) is 6.42 Å². The van der Waals surface area contributed by atoms with Gasteiger partial charge < -0.3 is 27.2 Å². The summed E-state index contributed by atoms with van der Waals surface area (Å²) in [7, 11) is 0. The molecule has 3 rings (SSSR count). The predicted molar refractivity (Wildman–Crippen MR) is 154 cm³/mol. The third kappa shape index (κ3) is 9.92. The van der Waals surface area contributed by atoms with E-state index in [1.807, 2.05) is 42.5 Å². The molecular formula is C31H34N4O6. The van der Waals surface area contributed by atoms with Crippen LogP contribution in [0.1, 0.15) is 37.7 Å². The van der Waals surface area contributed by atoms with Gasteiger partial charge in [-0.1, -0.05) is 78.9 Å². The molecule has 0 aliphatic heterocycles. The van der Waals surface area contributed by atoms with Crippen molar-refractivity contribution >= 4 is 29.6 Å². The normalized spacial score (nSPS) is 12.1. The standard InChI is InChI=1S/C31H34N4O6/c32-27(36)17-15-26(31(41)35-25(30(33)40)16-19-29(38)39)34-28(37)18-8-20-6-9-22(10-7-20)24-13-11-23(12-14-24)21-4-2-1-3-5-21/h1-7,9-14,25-26H,8,15-19H2,(H2,32,36)(H2,33,40)(H,34,37)(H,35,41)(H,38,39)/t25-,26-/m0/s1. The van der Waals surface area contributed by atoms with Crippen molar-refractivity contribution in [2.45, 2.75) is 50.6 Å². The minimum absolute atomic E-state index is 0.0731. The minimum Gasteiger partial charge on any atom is -0.481 e. The first-order valence-corrected chi connectivity index (χ1v) is 13.3. The zero-order valence-electron chi connectivity index (χ0n) is 22.5. The first-order valence-electron chi connectivity index (χ1n) is 13.3. The lowest BCUT2D eigenvalue weighted by molar-refractivity contribution is -0.138. The van der Waals surface area contributed by atoms with Crippen LogP contribution in [0.3, 0.4) is 0 Å². The highest BCUT2D eigenvalue weighted by Crippen LogP contribution is 2.25. The molecule has 0 aliphatic rings. The van der Waals surface area contributed by atoms with E-state index in [4.69, 9.17) is 16.6 Å². The Balaban J connectivity index is 1.57. The molecule has 2 atom stereocenters. The summed E-state index contributed by atoms with van der Waals surface area (Å²) in [4.78, 5) is 59.2. The topological polar surface area (TPSA) is 182 Å². The zero-order chi connectivity index (χ0) is 29.8. The van der Waals surface area contributed by atoms with Gasteiger partial charge in [-0.3, -0.25) is 24.0 Å². The third-order valence-electron chi connectivity index (χ3n) is 6.56. The molecule has 0 fully saturated rings. The maximum absolute atomic E-state index is 12.8. The second kappa shape index (κ2) is 15.0. The molecule has 0 aromatic heterocycles. The van der Waals surface area contributed by atoms with Crippen molar-refractivity contribution in [2.24, 2.45) is 11.5 Å². The molecule has 41 heavy (non-hydrogen) atoms. The summed E-state index contributed by atoms with van der Waals surface area (Å²) in [6, 6.07) is 23.8. The van der Waals surface area contributed by atoms with E-state index < -0.39 is 41.7 Å². The van der Waals surface area contributed by atoms with Crippen molar-refractivity contribution in [3.05, 3.63) is 84.4 Å². The van der Waals surface area contributed by atoms with Crippen LogP contribution in [0.4, 0.5) is 0 Å². The average Bonchev–Trinajstić information content (AvgIpc) is 2.96. The van der Waals surface area contributed by atoms with Crippen LogP contribution in [0.25, 0.3) is 22.3 Å². The van der Waals surface area contributed by atoms with Gasteiger partial charge in [-0.15, -0.1) is 0 Å². The molecule has 3 aromatic carbocycles. The Morgan fingerprint density at radius 3 is 1.66 bits per heavy atom. The fourth-order valence-corrected chi connectivity index (χ4v) is 4.26. The highest BCUT2D eigenvalue weighted by atomic mass is 16.4. The summed E-state index contributed by atoms with van der Waals surface area (Å²) >= 11 is 0. The molecule has 4 amide bonds. The van der Waals surface area contributed by atoms with Crippen LogP contribution in [-0.2, 0) is 30.4 Å². The van der Waals surface area contributed by atoms with Gasteiger partial charge in [0.15, 0.2) is 0 Å². The van der Waals surface area contributed by atoms with Gasteiger partial charge in [0.2, 0.25) is 23.6 Å². The summed E-state index contributed by atoms with van der Waals surface area (Å²) in [5.41, 5.74) is 15.8. The van der Waals surface area contributed by atoms with Crippen LogP contribution in [0, 0.1) is 0 Å². The Kier molecular flexibility index (Phi) is 11.2. The van der Waals surface area contributed by atoms with Gasteiger partial charge in [-0.2, -0.15) is 0 Å². The number of rotatable bonds is 15.